The van der Waals surface area contributed by atoms with Gasteiger partial charge >= 0.3 is 11.9 Å². The number of benzene rings is 2. The normalized spacial score (nSPS) is 27.2. The number of ether oxygens (including phenoxy) is 3. The highest BCUT2D eigenvalue weighted by Gasteiger charge is 2.72. The van der Waals surface area contributed by atoms with E-state index in [9.17, 15) is 19.2 Å². The van der Waals surface area contributed by atoms with E-state index in [1.54, 1.807) is 24.3 Å². The molecule has 2 amide bonds. The summed E-state index contributed by atoms with van der Waals surface area (Å²) in [6.07, 6.45) is 1.03. The minimum atomic E-state index is -1.56. The van der Waals surface area contributed by atoms with Crippen LogP contribution in [-0.2, 0) is 33.4 Å². The van der Waals surface area contributed by atoms with Crippen LogP contribution in [0.4, 0.5) is 5.69 Å². The van der Waals surface area contributed by atoms with E-state index < -0.39 is 53.6 Å². The Kier molecular flexibility index (Phi) is 4.90. The number of anilines is 1. The first-order chi connectivity index (χ1) is 15.8. The van der Waals surface area contributed by atoms with Crippen molar-refractivity contribution in [2.24, 2.45) is 11.8 Å². The molecule has 8 heteroatoms. The topological polar surface area (TPSA) is 99.2 Å². The third-order valence-corrected chi connectivity index (χ3v) is 6.22. The van der Waals surface area contributed by atoms with Crippen molar-refractivity contribution in [3.8, 4) is 11.1 Å². The number of esters is 2. The molecule has 0 aliphatic carbocycles. The second-order valence-electron chi connectivity index (χ2n) is 8.27. The van der Waals surface area contributed by atoms with Gasteiger partial charge in [-0.1, -0.05) is 48.5 Å². The molecule has 0 radical (unpaired) electrons. The molecule has 2 bridgehead atoms. The standard InChI is InChI=1S/C25H21NO7/c1-14(27)31-24(32-15(2)28)25-13-12-19(33-25)20-21(25)23(30)26(22(20)29)18-10-8-17(9-11-18)16-6-4-3-5-7-16/h3-13,19-21,24H,1-2H3/t19-,20-,21+,25-/m0/s1. The Morgan fingerprint density at radius 2 is 1.52 bits per heavy atom. The molecule has 168 valence electrons. The number of rotatable bonds is 5. The molecule has 5 rings (SSSR count). The van der Waals surface area contributed by atoms with E-state index in [-0.39, 0.29) is 0 Å². The molecule has 3 aliphatic heterocycles. The van der Waals surface area contributed by atoms with Gasteiger partial charge in [0.2, 0.25) is 11.8 Å². The molecular weight excluding hydrogens is 426 g/mol. The van der Waals surface area contributed by atoms with Gasteiger partial charge in [0.1, 0.15) is 0 Å². The third kappa shape index (κ3) is 3.25. The van der Waals surface area contributed by atoms with Crippen LogP contribution in [0.2, 0.25) is 0 Å². The number of carbonyl (C=O) groups is 4. The molecule has 0 saturated carbocycles. The lowest BCUT2D eigenvalue weighted by Gasteiger charge is -2.34. The number of carbonyl (C=O) groups excluding carboxylic acids is 4. The predicted molar refractivity (Wildman–Crippen MR) is 115 cm³/mol. The van der Waals surface area contributed by atoms with Crippen molar-refractivity contribution in [3.63, 3.8) is 0 Å². The number of nitrogens with zero attached hydrogens (tertiary/aromatic N) is 1. The fraction of sp³-hybridized carbons (Fsp3) is 0.280. The van der Waals surface area contributed by atoms with Crippen LogP contribution in [0.1, 0.15) is 13.8 Å². The summed E-state index contributed by atoms with van der Waals surface area (Å²) in [5.41, 5.74) is 0.841. The number of fused-ring (bicyclic) bond motifs is 5. The zero-order valence-electron chi connectivity index (χ0n) is 18.0. The Hall–Kier alpha value is -3.78. The average molecular weight is 447 g/mol. The first-order valence-electron chi connectivity index (χ1n) is 10.6. The fourth-order valence-corrected chi connectivity index (χ4v) is 4.90. The van der Waals surface area contributed by atoms with Crippen LogP contribution < -0.4 is 4.90 Å². The summed E-state index contributed by atoms with van der Waals surface area (Å²) in [5.74, 6) is -4.09. The lowest BCUT2D eigenvalue weighted by atomic mass is 9.76. The second-order valence-corrected chi connectivity index (χ2v) is 8.27. The SMILES string of the molecule is CC(=O)OC(OC(C)=O)[C@@]12C=C[C@H](O1)[C@@H]1C(=O)N(c3ccc(-c4ccccc4)cc3)C(=O)[C@@H]12. The maximum absolute atomic E-state index is 13.5. The van der Waals surface area contributed by atoms with Gasteiger partial charge < -0.3 is 14.2 Å². The second kappa shape index (κ2) is 7.67. The van der Waals surface area contributed by atoms with Crippen LogP contribution >= 0.6 is 0 Å². The molecule has 8 nitrogen and oxygen atoms in total. The number of hydrogen-bond acceptors (Lipinski definition) is 7. The van der Waals surface area contributed by atoms with E-state index in [1.165, 1.54) is 0 Å². The van der Waals surface area contributed by atoms with E-state index in [4.69, 9.17) is 14.2 Å². The molecule has 33 heavy (non-hydrogen) atoms. The smallest absolute Gasteiger partial charge is 0.305 e. The minimum absolute atomic E-state index is 0.405. The zero-order chi connectivity index (χ0) is 23.3. The Morgan fingerprint density at radius 3 is 2.12 bits per heavy atom. The summed E-state index contributed by atoms with van der Waals surface area (Å²) >= 11 is 0. The van der Waals surface area contributed by atoms with Gasteiger partial charge in [0.05, 0.1) is 23.6 Å². The van der Waals surface area contributed by atoms with Gasteiger partial charge in [-0.25, -0.2) is 4.90 Å². The zero-order valence-corrected chi connectivity index (χ0v) is 18.0. The molecule has 2 saturated heterocycles. The highest BCUT2D eigenvalue weighted by Crippen LogP contribution is 2.54. The van der Waals surface area contributed by atoms with Gasteiger partial charge in [-0.2, -0.15) is 0 Å². The van der Waals surface area contributed by atoms with Gasteiger partial charge in [0.25, 0.3) is 6.29 Å². The molecule has 4 atom stereocenters. The Morgan fingerprint density at radius 1 is 0.909 bits per heavy atom. The minimum Gasteiger partial charge on any atom is -0.422 e. The number of hydrogen-bond donors (Lipinski definition) is 0. The monoisotopic (exact) mass is 447 g/mol. The van der Waals surface area contributed by atoms with Crippen molar-refractivity contribution in [3.05, 3.63) is 66.7 Å². The van der Waals surface area contributed by atoms with Crippen molar-refractivity contribution < 1.29 is 33.4 Å². The first kappa shape index (κ1) is 21.1. The lowest BCUT2D eigenvalue weighted by Crippen LogP contribution is -2.52. The van der Waals surface area contributed by atoms with Crippen LogP contribution in [0.3, 0.4) is 0 Å². The van der Waals surface area contributed by atoms with Crippen LogP contribution in [0.25, 0.3) is 11.1 Å². The lowest BCUT2D eigenvalue weighted by molar-refractivity contribution is -0.226. The first-order valence-corrected chi connectivity index (χ1v) is 10.6. The average Bonchev–Trinajstić information content (AvgIpc) is 3.44. The quantitative estimate of drug-likeness (QED) is 0.301. The van der Waals surface area contributed by atoms with Gasteiger partial charge in [-0.15, -0.1) is 0 Å². The number of amides is 2. The van der Waals surface area contributed by atoms with Crippen molar-refractivity contribution >= 4 is 29.4 Å². The molecule has 0 unspecified atom stereocenters. The van der Waals surface area contributed by atoms with Crippen molar-refractivity contribution in [1.82, 2.24) is 0 Å². The highest BCUT2D eigenvalue weighted by atomic mass is 16.7. The van der Waals surface area contributed by atoms with E-state index >= 15 is 0 Å². The summed E-state index contributed by atoms with van der Waals surface area (Å²) < 4.78 is 16.4. The molecule has 0 N–H and O–H groups in total. The van der Waals surface area contributed by atoms with Crippen molar-refractivity contribution in [2.75, 3.05) is 4.90 Å². The molecule has 3 heterocycles. The molecule has 2 aromatic rings. The third-order valence-electron chi connectivity index (χ3n) is 6.22. The maximum atomic E-state index is 13.5. The van der Waals surface area contributed by atoms with E-state index in [2.05, 4.69) is 0 Å². The molecule has 3 aliphatic rings. The summed E-state index contributed by atoms with van der Waals surface area (Å²) in [6, 6.07) is 16.9. The van der Waals surface area contributed by atoms with Crippen LogP contribution in [0, 0.1) is 11.8 Å². The molecule has 0 spiro atoms. The molecule has 0 aromatic heterocycles. The summed E-state index contributed by atoms with van der Waals surface area (Å²) in [7, 11) is 0. The van der Waals surface area contributed by atoms with Gasteiger partial charge in [0.15, 0.2) is 5.60 Å². The van der Waals surface area contributed by atoms with Crippen LogP contribution in [0.5, 0.6) is 0 Å². The van der Waals surface area contributed by atoms with Crippen LogP contribution in [-0.4, -0.2) is 41.7 Å². The van der Waals surface area contributed by atoms with E-state index in [0.717, 1.165) is 29.9 Å². The fourth-order valence-electron chi connectivity index (χ4n) is 4.90. The van der Waals surface area contributed by atoms with E-state index in [0.29, 0.717) is 5.69 Å². The van der Waals surface area contributed by atoms with Crippen LogP contribution in [0.15, 0.2) is 66.7 Å². The molecular formula is C25H21NO7. The molecule has 2 fully saturated rings. The Bertz CT molecular complexity index is 1160. The Labute approximate surface area is 189 Å². The van der Waals surface area contributed by atoms with Crippen molar-refractivity contribution in [1.29, 1.82) is 0 Å². The molecule has 2 aromatic carbocycles. The van der Waals surface area contributed by atoms with Crippen molar-refractivity contribution in [2.45, 2.75) is 31.8 Å². The largest absolute Gasteiger partial charge is 0.422 e. The maximum Gasteiger partial charge on any atom is 0.305 e. The van der Waals surface area contributed by atoms with Gasteiger partial charge in [0, 0.05) is 13.8 Å². The number of imide groups is 1. The Balaban J connectivity index is 1.48. The summed E-state index contributed by atoms with van der Waals surface area (Å²) in [6.45, 7) is 2.33. The summed E-state index contributed by atoms with van der Waals surface area (Å²) in [4.78, 5) is 51.4. The van der Waals surface area contributed by atoms with E-state index in [1.807, 2.05) is 42.5 Å². The van der Waals surface area contributed by atoms with Gasteiger partial charge in [-0.3, -0.25) is 19.2 Å². The highest BCUT2D eigenvalue weighted by molar-refractivity contribution is 6.23. The summed E-state index contributed by atoms with van der Waals surface area (Å²) in [5, 5.41) is 0. The predicted octanol–water partition coefficient (Wildman–Crippen LogP) is 2.62. The van der Waals surface area contributed by atoms with Gasteiger partial charge in [-0.05, 0) is 29.3 Å².